The molecule has 4 nitrogen and oxygen atoms in total. The molecule has 5 heteroatoms. The molecule has 0 heterocycles. The maximum absolute atomic E-state index is 11.3. The van der Waals surface area contributed by atoms with Crippen LogP contribution in [0.15, 0.2) is 46.9 Å². The van der Waals surface area contributed by atoms with Crippen molar-refractivity contribution in [3.05, 3.63) is 63.6 Å². The summed E-state index contributed by atoms with van der Waals surface area (Å²) in [4.78, 5) is 11.3. The van der Waals surface area contributed by atoms with Gasteiger partial charge in [-0.2, -0.15) is 5.26 Å². The first-order chi connectivity index (χ1) is 11.0. The molecule has 0 amide bonds. The molecule has 0 saturated carbocycles. The number of hydrogen-bond acceptors (Lipinski definition) is 3. The molecular formula is C18H14BrNO3. The van der Waals surface area contributed by atoms with Gasteiger partial charge >= 0.3 is 5.97 Å². The Morgan fingerprint density at radius 3 is 2.57 bits per heavy atom. The largest absolute Gasteiger partial charge is 0.493 e. The first-order valence-corrected chi connectivity index (χ1v) is 7.72. The van der Waals surface area contributed by atoms with Gasteiger partial charge in [-0.15, -0.1) is 0 Å². The van der Waals surface area contributed by atoms with Gasteiger partial charge < -0.3 is 9.84 Å². The van der Waals surface area contributed by atoms with Gasteiger partial charge in [-0.1, -0.05) is 34.1 Å². The molecule has 0 aliphatic rings. The highest BCUT2D eigenvalue weighted by Gasteiger charge is 2.12. The number of ether oxygens (including phenoxy) is 1. The summed E-state index contributed by atoms with van der Waals surface area (Å²) in [5.41, 5.74) is 1.93. The van der Waals surface area contributed by atoms with Gasteiger partial charge in [-0.3, -0.25) is 0 Å². The zero-order valence-corrected chi connectivity index (χ0v) is 14.0. The number of allylic oxidation sites excluding steroid dienone is 1. The van der Waals surface area contributed by atoms with Crippen molar-refractivity contribution in [3.8, 4) is 11.8 Å². The molecule has 0 aromatic heterocycles. The molecule has 0 radical (unpaired) electrons. The maximum atomic E-state index is 11.3. The standard InChI is InChI=1S/C18H14BrNO3/c1-2-23-17-8-3-12(10-16(17)18(21)22)9-14(11-20)13-4-6-15(19)7-5-13/h3-10H,2H2,1H3,(H,21,22)/b14-9+. The third-order valence-electron chi connectivity index (χ3n) is 3.12. The van der Waals surface area contributed by atoms with E-state index in [0.717, 1.165) is 10.0 Å². The monoisotopic (exact) mass is 371 g/mol. The van der Waals surface area contributed by atoms with Crippen molar-refractivity contribution in [3.63, 3.8) is 0 Å². The molecule has 0 fully saturated rings. The molecule has 2 aromatic rings. The van der Waals surface area contributed by atoms with Crippen LogP contribution in [-0.2, 0) is 0 Å². The predicted molar refractivity (Wildman–Crippen MR) is 92.2 cm³/mol. The topological polar surface area (TPSA) is 70.3 Å². The smallest absolute Gasteiger partial charge is 0.339 e. The lowest BCUT2D eigenvalue weighted by Gasteiger charge is -2.08. The molecule has 116 valence electrons. The van der Waals surface area contributed by atoms with Gasteiger partial charge in [0.1, 0.15) is 11.3 Å². The fraction of sp³-hybridized carbons (Fsp3) is 0.111. The molecule has 2 aromatic carbocycles. The number of benzene rings is 2. The number of carboxylic acids is 1. The molecular weight excluding hydrogens is 358 g/mol. The van der Waals surface area contributed by atoms with Gasteiger partial charge in [0, 0.05) is 4.47 Å². The summed E-state index contributed by atoms with van der Waals surface area (Å²) in [6.07, 6.45) is 1.66. The zero-order valence-electron chi connectivity index (χ0n) is 12.4. The Hall–Kier alpha value is -2.58. The second-order valence-electron chi connectivity index (χ2n) is 4.67. The molecule has 0 unspecified atom stereocenters. The minimum Gasteiger partial charge on any atom is -0.493 e. The molecule has 23 heavy (non-hydrogen) atoms. The second-order valence-corrected chi connectivity index (χ2v) is 5.59. The van der Waals surface area contributed by atoms with Crippen LogP contribution in [0, 0.1) is 11.3 Å². The average molecular weight is 372 g/mol. The Balaban J connectivity index is 2.44. The lowest BCUT2D eigenvalue weighted by atomic mass is 10.0. The normalized spacial score (nSPS) is 10.9. The summed E-state index contributed by atoms with van der Waals surface area (Å²) in [7, 11) is 0. The van der Waals surface area contributed by atoms with Crippen LogP contribution >= 0.6 is 15.9 Å². The van der Waals surface area contributed by atoms with E-state index in [0.29, 0.717) is 23.5 Å². The first kappa shape index (κ1) is 16.8. The van der Waals surface area contributed by atoms with E-state index < -0.39 is 5.97 Å². The average Bonchev–Trinajstić information content (AvgIpc) is 2.54. The minimum absolute atomic E-state index is 0.0775. The van der Waals surface area contributed by atoms with E-state index in [1.165, 1.54) is 6.07 Å². The fourth-order valence-corrected chi connectivity index (χ4v) is 2.33. The molecule has 0 saturated heterocycles. The van der Waals surface area contributed by atoms with Crippen LogP contribution in [0.1, 0.15) is 28.4 Å². The first-order valence-electron chi connectivity index (χ1n) is 6.93. The fourth-order valence-electron chi connectivity index (χ4n) is 2.06. The molecule has 0 aliphatic heterocycles. The van der Waals surface area contributed by atoms with Crippen molar-refractivity contribution < 1.29 is 14.6 Å². The highest BCUT2D eigenvalue weighted by molar-refractivity contribution is 9.10. The number of nitrogens with zero attached hydrogens (tertiary/aromatic N) is 1. The molecule has 0 bridgehead atoms. The number of rotatable bonds is 5. The van der Waals surface area contributed by atoms with Gasteiger partial charge in [0.25, 0.3) is 0 Å². The summed E-state index contributed by atoms with van der Waals surface area (Å²) >= 11 is 3.35. The van der Waals surface area contributed by atoms with E-state index in [-0.39, 0.29) is 5.56 Å². The van der Waals surface area contributed by atoms with Crippen molar-refractivity contribution in [1.29, 1.82) is 5.26 Å². The zero-order chi connectivity index (χ0) is 16.8. The van der Waals surface area contributed by atoms with Crippen molar-refractivity contribution in [2.24, 2.45) is 0 Å². The molecule has 0 atom stereocenters. The third-order valence-corrected chi connectivity index (χ3v) is 3.65. The summed E-state index contributed by atoms with van der Waals surface area (Å²) in [5.74, 6) is -0.745. The van der Waals surface area contributed by atoms with E-state index >= 15 is 0 Å². The lowest BCUT2D eigenvalue weighted by molar-refractivity contribution is 0.0692. The molecule has 1 N–H and O–H groups in total. The Labute approximate surface area is 142 Å². The lowest BCUT2D eigenvalue weighted by Crippen LogP contribution is -2.03. The van der Waals surface area contributed by atoms with E-state index in [1.807, 2.05) is 24.3 Å². The van der Waals surface area contributed by atoms with Gasteiger partial charge in [-0.25, -0.2) is 4.79 Å². The summed E-state index contributed by atoms with van der Waals surface area (Å²) in [6.45, 7) is 2.18. The van der Waals surface area contributed by atoms with Gasteiger partial charge in [0.2, 0.25) is 0 Å². The van der Waals surface area contributed by atoms with Crippen LogP contribution in [-0.4, -0.2) is 17.7 Å². The second kappa shape index (κ2) is 7.61. The van der Waals surface area contributed by atoms with Gasteiger partial charge in [-0.05, 0) is 48.4 Å². The van der Waals surface area contributed by atoms with Crippen LogP contribution in [0.25, 0.3) is 11.6 Å². The number of aromatic carboxylic acids is 1. The highest BCUT2D eigenvalue weighted by atomic mass is 79.9. The minimum atomic E-state index is -1.06. The maximum Gasteiger partial charge on any atom is 0.339 e. The van der Waals surface area contributed by atoms with Crippen LogP contribution < -0.4 is 4.74 Å². The Bertz CT molecular complexity index is 789. The molecule has 0 aliphatic carbocycles. The summed E-state index contributed by atoms with van der Waals surface area (Å²) < 4.78 is 6.23. The van der Waals surface area contributed by atoms with Crippen molar-refractivity contribution in [1.82, 2.24) is 0 Å². The molecule has 0 spiro atoms. The van der Waals surface area contributed by atoms with E-state index in [2.05, 4.69) is 22.0 Å². The quantitative estimate of drug-likeness (QED) is 0.615. The number of nitriles is 1. The summed E-state index contributed by atoms with van der Waals surface area (Å²) in [6, 6.07) is 14.3. The van der Waals surface area contributed by atoms with Crippen LogP contribution in [0.4, 0.5) is 0 Å². The predicted octanol–water partition coefficient (Wildman–Crippen LogP) is 4.61. The molecule has 2 rings (SSSR count). The Morgan fingerprint density at radius 2 is 2.00 bits per heavy atom. The van der Waals surface area contributed by atoms with Crippen LogP contribution in [0.3, 0.4) is 0 Å². The van der Waals surface area contributed by atoms with E-state index in [9.17, 15) is 15.2 Å². The van der Waals surface area contributed by atoms with Gasteiger partial charge in [0.15, 0.2) is 0 Å². The number of hydrogen-bond donors (Lipinski definition) is 1. The Morgan fingerprint density at radius 1 is 1.30 bits per heavy atom. The number of halogens is 1. The van der Waals surface area contributed by atoms with Crippen molar-refractivity contribution >= 4 is 33.5 Å². The van der Waals surface area contributed by atoms with Crippen molar-refractivity contribution in [2.75, 3.05) is 6.61 Å². The van der Waals surface area contributed by atoms with Crippen LogP contribution in [0.5, 0.6) is 5.75 Å². The third kappa shape index (κ3) is 4.21. The number of carboxylic acid groups (broad SMARTS) is 1. The SMILES string of the molecule is CCOc1ccc(/C=C(\C#N)c2ccc(Br)cc2)cc1C(=O)O. The highest BCUT2D eigenvalue weighted by Crippen LogP contribution is 2.24. The van der Waals surface area contributed by atoms with Crippen molar-refractivity contribution in [2.45, 2.75) is 6.92 Å². The van der Waals surface area contributed by atoms with E-state index in [1.54, 1.807) is 25.1 Å². The van der Waals surface area contributed by atoms with Crippen LogP contribution in [0.2, 0.25) is 0 Å². The summed E-state index contributed by atoms with van der Waals surface area (Å²) in [5, 5.41) is 18.6. The van der Waals surface area contributed by atoms with Gasteiger partial charge in [0.05, 0.1) is 18.2 Å². The number of carbonyl (C=O) groups is 1. The Kier molecular flexibility index (Phi) is 5.56. The van der Waals surface area contributed by atoms with E-state index in [4.69, 9.17) is 4.74 Å².